The molecule has 4 heteroatoms. The number of hydrogen-bond acceptors (Lipinski definition) is 2. The highest BCUT2D eigenvalue weighted by Crippen LogP contribution is 2.17. The average Bonchev–Trinajstić information content (AvgIpc) is 2.17. The third-order valence-corrected chi connectivity index (χ3v) is 3.18. The number of benzene rings is 1. The molecule has 2 aromatic rings. The smallest absolute Gasteiger partial charge is 0.261 e. The number of nitrogens with zero attached hydrogens (tertiary/aromatic N) is 2. The lowest BCUT2D eigenvalue weighted by Crippen LogP contribution is -2.20. The quantitative estimate of drug-likeness (QED) is 0.699. The van der Waals surface area contributed by atoms with E-state index in [1.54, 1.807) is 11.6 Å². The first-order chi connectivity index (χ1) is 7.00. The maximum Gasteiger partial charge on any atom is 0.261 e. The van der Waals surface area contributed by atoms with Gasteiger partial charge in [-0.3, -0.25) is 9.36 Å². The Hall–Kier alpha value is -0.910. The molecule has 0 atom stereocenters. The lowest BCUT2D eigenvalue weighted by Gasteiger charge is -2.07. The Morgan fingerprint density at radius 1 is 1.33 bits per heavy atom. The maximum absolute atomic E-state index is 12.0. The molecule has 0 unspecified atom stereocenters. The minimum Gasteiger partial charge on any atom is -0.299 e. The molecule has 15 heavy (non-hydrogen) atoms. The van der Waals surface area contributed by atoms with Gasteiger partial charge in [-0.1, -0.05) is 0 Å². The van der Waals surface area contributed by atoms with E-state index in [0.29, 0.717) is 5.39 Å². The molecule has 0 saturated heterocycles. The van der Waals surface area contributed by atoms with Crippen molar-refractivity contribution >= 4 is 33.5 Å². The molecule has 1 aromatic heterocycles. The van der Waals surface area contributed by atoms with Gasteiger partial charge in [0.1, 0.15) is 5.82 Å². The molecular formula is C11H11IN2O. The Kier molecular flexibility index (Phi) is 2.54. The molecule has 0 aliphatic carbocycles. The van der Waals surface area contributed by atoms with Crippen molar-refractivity contribution < 1.29 is 0 Å². The molecule has 0 aliphatic heterocycles. The Balaban J connectivity index is 3.06. The molecule has 0 spiro atoms. The van der Waals surface area contributed by atoms with Crippen LogP contribution in [-0.4, -0.2) is 9.55 Å². The molecule has 0 bridgehead atoms. The molecule has 3 nitrogen and oxygen atoms in total. The van der Waals surface area contributed by atoms with Crippen molar-refractivity contribution in [2.75, 3.05) is 0 Å². The summed E-state index contributed by atoms with van der Waals surface area (Å²) in [5.41, 5.74) is 1.90. The normalized spacial score (nSPS) is 10.9. The summed E-state index contributed by atoms with van der Waals surface area (Å²) in [6.07, 6.45) is 0. The summed E-state index contributed by atoms with van der Waals surface area (Å²) in [5.74, 6) is 0.747. The van der Waals surface area contributed by atoms with Gasteiger partial charge in [-0.25, -0.2) is 4.98 Å². The first-order valence-corrected chi connectivity index (χ1v) is 5.72. The second-order valence-corrected chi connectivity index (χ2v) is 4.89. The van der Waals surface area contributed by atoms with E-state index in [4.69, 9.17) is 0 Å². The van der Waals surface area contributed by atoms with E-state index in [2.05, 4.69) is 27.6 Å². The Morgan fingerprint density at radius 2 is 2.00 bits per heavy atom. The molecular weight excluding hydrogens is 303 g/mol. The third-order valence-electron chi connectivity index (χ3n) is 2.56. The Labute approximate surface area is 101 Å². The molecule has 0 saturated carbocycles. The number of fused-ring (bicyclic) bond motifs is 1. The predicted octanol–water partition coefficient (Wildman–Crippen LogP) is 2.15. The fourth-order valence-electron chi connectivity index (χ4n) is 1.61. The number of aryl methyl sites for hydroxylation is 2. The zero-order chi connectivity index (χ0) is 11.2. The molecule has 0 N–H and O–H groups in total. The van der Waals surface area contributed by atoms with Gasteiger partial charge in [0.25, 0.3) is 5.56 Å². The third kappa shape index (κ3) is 1.67. The molecule has 78 valence electrons. The van der Waals surface area contributed by atoms with Gasteiger partial charge in [0, 0.05) is 10.6 Å². The second-order valence-electron chi connectivity index (χ2n) is 3.64. The summed E-state index contributed by atoms with van der Waals surface area (Å²) in [6, 6.07) is 3.92. The summed E-state index contributed by atoms with van der Waals surface area (Å²) in [7, 11) is 1.75. The highest BCUT2D eigenvalue weighted by atomic mass is 127. The second kappa shape index (κ2) is 3.59. The molecule has 0 fully saturated rings. The van der Waals surface area contributed by atoms with Crippen LogP contribution in [-0.2, 0) is 7.05 Å². The number of aromatic nitrogens is 2. The lowest BCUT2D eigenvalue weighted by molar-refractivity contribution is 0.792. The van der Waals surface area contributed by atoms with Crippen molar-refractivity contribution in [2.45, 2.75) is 13.8 Å². The predicted molar refractivity (Wildman–Crippen MR) is 69.2 cm³/mol. The van der Waals surface area contributed by atoms with Gasteiger partial charge < -0.3 is 0 Å². The molecule has 1 aromatic carbocycles. The van der Waals surface area contributed by atoms with Gasteiger partial charge in [-0.15, -0.1) is 0 Å². The van der Waals surface area contributed by atoms with E-state index in [1.807, 2.05) is 26.0 Å². The topological polar surface area (TPSA) is 34.9 Å². The molecule has 1 heterocycles. The van der Waals surface area contributed by atoms with Crippen LogP contribution in [0.25, 0.3) is 10.9 Å². The summed E-state index contributed by atoms with van der Waals surface area (Å²) < 4.78 is 2.65. The van der Waals surface area contributed by atoms with Crippen LogP contribution in [0.4, 0.5) is 0 Å². The van der Waals surface area contributed by atoms with E-state index < -0.39 is 0 Å². The summed E-state index contributed by atoms with van der Waals surface area (Å²) >= 11 is 2.21. The van der Waals surface area contributed by atoms with Crippen LogP contribution in [0.1, 0.15) is 11.4 Å². The average molecular weight is 314 g/mol. The van der Waals surface area contributed by atoms with Crippen molar-refractivity contribution in [1.29, 1.82) is 0 Å². The number of rotatable bonds is 0. The van der Waals surface area contributed by atoms with E-state index >= 15 is 0 Å². The van der Waals surface area contributed by atoms with E-state index in [1.165, 1.54) is 0 Å². The summed E-state index contributed by atoms with van der Waals surface area (Å²) in [4.78, 5) is 16.4. The van der Waals surface area contributed by atoms with Crippen LogP contribution in [0.2, 0.25) is 0 Å². The van der Waals surface area contributed by atoms with E-state index in [-0.39, 0.29) is 5.56 Å². The Morgan fingerprint density at radius 3 is 2.67 bits per heavy atom. The fraction of sp³-hybridized carbons (Fsp3) is 0.273. The van der Waals surface area contributed by atoms with Gasteiger partial charge >= 0.3 is 0 Å². The first kappa shape index (κ1) is 10.6. The Bertz CT molecular complexity index is 602. The van der Waals surface area contributed by atoms with Crippen LogP contribution in [0.3, 0.4) is 0 Å². The van der Waals surface area contributed by atoms with Crippen molar-refractivity contribution in [2.24, 2.45) is 7.05 Å². The van der Waals surface area contributed by atoms with E-state index in [0.717, 1.165) is 20.5 Å². The summed E-state index contributed by atoms with van der Waals surface area (Å²) in [6.45, 7) is 3.83. The molecule has 2 rings (SSSR count). The van der Waals surface area contributed by atoms with Gasteiger partial charge in [-0.2, -0.15) is 0 Å². The SMILES string of the molecule is Cc1cc(I)cc2c(=O)n(C)c(C)nc12. The van der Waals surface area contributed by atoms with Crippen molar-refractivity contribution in [3.63, 3.8) is 0 Å². The van der Waals surface area contributed by atoms with Gasteiger partial charge in [0.15, 0.2) is 0 Å². The minimum absolute atomic E-state index is 0.0270. The molecule has 0 aliphatic rings. The van der Waals surface area contributed by atoms with Crippen molar-refractivity contribution in [3.05, 3.63) is 37.4 Å². The van der Waals surface area contributed by atoms with Gasteiger partial charge in [-0.05, 0) is 54.1 Å². The van der Waals surface area contributed by atoms with Gasteiger partial charge in [0.2, 0.25) is 0 Å². The molecule has 0 amide bonds. The zero-order valence-corrected chi connectivity index (χ0v) is 11.0. The van der Waals surface area contributed by atoms with Crippen LogP contribution in [0, 0.1) is 17.4 Å². The minimum atomic E-state index is 0.0270. The van der Waals surface area contributed by atoms with Crippen LogP contribution in [0.15, 0.2) is 16.9 Å². The maximum atomic E-state index is 12.0. The summed E-state index contributed by atoms with van der Waals surface area (Å²) in [5, 5.41) is 0.701. The fourth-order valence-corrected chi connectivity index (χ4v) is 2.39. The number of hydrogen-bond donors (Lipinski definition) is 0. The van der Waals surface area contributed by atoms with Crippen molar-refractivity contribution in [3.8, 4) is 0 Å². The molecule has 0 radical (unpaired) electrons. The number of halogens is 1. The highest BCUT2D eigenvalue weighted by Gasteiger charge is 2.07. The standard InChI is InChI=1S/C11H11IN2O/c1-6-4-8(12)5-9-10(6)13-7(2)14(3)11(9)15/h4-5H,1-3H3. The monoisotopic (exact) mass is 314 g/mol. The van der Waals surface area contributed by atoms with Gasteiger partial charge in [0.05, 0.1) is 10.9 Å². The zero-order valence-electron chi connectivity index (χ0n) is 8.84. The van der Waals surface area contributed by atoms with Crippen LogP contribution < -0.4 is 5.56 Å². The van der Waals surface area contributed by atoms with Crippen molar-refractivity contribution in [1.82, 2.24) is 9.55 Å². The van der Waals surface area contributed by atoms with Crippen LogP contribution in [0.5, 0.6) is 0 Å². The largest absolute Gasteiger partial charge is 0.299 e. The van der Waals surface area contributed by atoms with Crippen LogP contribution >= 0.6 is 22.6 Å². The first-order valence-electron chi connectivity index (χ1n) is 4.64. The van der Waals surface area contributed by atoms with E-state index in [9.17, 15) is 4.79 Å². The lowest BCUT2D eigenvalue weighted by atomic mass is 10.1. The highest BCUT2D eigenvalue weighted by molar-refractivity contribution is 14.1.